The quantitative estimate of drug-likeness (QED) is 0.617. The number of nitrogen functional groups attached to an aromatic ring is 1. The van der Waals surface area contributed by atoms with E-state index in [-0.39, 0.29) is 5.91 Å². The highest BCUT2D eigenvalue weighted by atomic mass is 16.5. The molecule has 0 saturated heterocycles. The molecule has 96 valence electrons. The van der Waals surface area contributed by atoms with Crippen LogP contribution in [0.15, 0.2) is 43.5 Å². The van der Waals surface area contributed by atoms with Crippen molar-refractivity contribution in [3.8, 4) is 5.75 Å². The number of carbonyl (C=O) groups is 1. The number of methoxy groups -OCH3 is 1. The van der Waals surface area contributed by atoms with Crippen molar-refractivity contribution in [1.29, 1.82) is 0 Å². The van der Waals surface area contributed by atoms with E-state index in [4.69, 9.17) is 10.5 Å². The number of nitrogens with two attached hydrogens (primary N) is 1. The first kappa shape index (κ1) is 13.8. The number of ether oxygens (including phenoxy) is 1. The highest BCUT2D eigenvalue weighted by Gasteiger charge is 2.14. The molecule has 0 aliphatic heterocycles. The fourth-order valence-corrected chi connectivity index (χ4v) is 1.60. The number of carbonyl (C=O) groups excluding carboxylic acids is 1. The molecule has 4 heteroatoms. The molecular formula is C14H18N2O2. The zero-order chi connectivity index (χ0) is 13.5. The lowest BCUT2D eigenvalue weighted by Gasteiger charge is -2.19. The molecule has 0 spiro atoms. The molecule has 0 aliphatic rings. The van der Waals surface area contributed by atoms with E-state index >= 15 is 0 Å². The maximum Gasteiger partial charge on any atom is 0.254 e. The molecule has 1 rings (SSSR count). The first-order valence-corrected chi connectivity index (χ1v) is 5.58. The van der Waals surface area contributed by atoms with Crippen molar-refractivity contribution in [2.75, 3.05) is 25.9 Å². The van der Waals surface area contributed by atoms with Gasteiger partial charge in [0.1, 0.15) is 5.75 Å². The fourth-order valence-electron chi connectivity index (χ4n) is 1.60. The van der Waals surface area contributed by atoms with Crippen LogP contribution in [-0.2, 0) is 0 Å². The molecule has 4 nitrogen and oxygen atoms in total. The normalized spacial score (nSPS) is 9.61. The van der Waals surface area contributed by atoms with Gasteiger partial charge < -0.3 is 15.4 Å². The largest absolute Gasteiger partial charge is 0.497 e. The van der Waals surface area contributed by atoms with E-state index in [1.54, 1.807) is 35.3 Å². The Bertz CT molecular complexity index is 445. The number of hydrogen-bond donors (Lipinski definition) is 1. The second kappa shape index (κ2) is 6.49. The Kier molecular flexibility index (Phi) is 4.99. The molecular weight excluding hydrogens is 228 g/mol. The van der Waals surface area contributed by atoms with Gasteiger partial charge in [-0.3, -0.25) is 4.79 Å². The molecule has 0 saturated carbocycles. The average molecular weight is 246 g/mol. The molecule has 0 atom stereocenters. The van der Waals surface area contributed by atoms with E-state index in [2.05, 4.69) is 13.2 Å². The van der Waals surface area contributed by atoms with Gasteiger partial charge in [-0.2, -0.15) is 0 Å². The van der Waals surface area contributed by atoms with E-state index in [0.29, 0.717) is 30.1 Å². The molecule has 0 aliphatic carbocycles. The Morgan fingerprint density at radius 2 is 1.94 bits per heavy atom. The maximum absolute atomic E-state index is 12.3. The molecule has 0 unspecified atom stereocenters. The first-order chi connectivity index (χ1) is 8.62. The van der Waals surface area contributed by atoms with Crippen molar-refractivity contribution in [3.63, 3.8) is 0 Å². The summed E-state index contributed by atoms with van der Waals surface area (Å²) in [6.07, 6.45) is 3.34. The molecule has 1 aromatic rings. The Labute approximate surface area is 107 Å². The summed E-state index contributed by atoms with van der Waals surface area (Å²) in [5, 5.41) is 0. The summed E-state index contributed by atoms with van der Waals surface area (Å²) >= 11 is 0. The van der Waals surface area contributed by atoms with E-state index in [0.717, 1.165) is 0 Å². The predicted octanol–water partition coefficient (Wildman–Crippen LogP) is 2.09. The molecule has 2 N–H and O–H groups in total. The minimum Gasteiger partial charge on any atom is -0.497 e. The Hall–Kier alpha value is -2.23. The van der Waals surface area contributed by atoms with Crippen LogP contribution in [-0.4, -0.2) is 31.0 Å². The van der Waals surface area contributed by atoms with Gasteiger partial charge in [0.25, 0.3) is 5.91 Å². The number of hydrogen-bond acceptors (Lipinski definition) is 3. The molecule has 0 bridgehead atoms. The lowest BCUT2D eigenvalue weighted by Crippen LogP contribution is -2.31. The van der Waals surface area contributed by atoms with Crippen LogP contribution in [0.5, 0.6) is 5.75 Å². The van der Waals surface area contributed by atoms with Gasteiger partial charge in [-0.25, -0.2) is 0 Å². The SMILES string of the molecule is C=CCN(CC=C)C(=O)c1cc(N)cc(OC)c1. The third-order valence-electron chi connectivity index (χ3n) is 2.40. The smallest absolute Gasteiger partial charge is 0.254 e. The van der Waals surface area contributed by atoms with Gasteiger partial charge in [-0.1, -0.05) is 12.2 Å². The summed E-state index contributed by atoms with van der Waals surface area (Å²) in [6, 6.07) is 4.96. The third kappa shape index (κ3) is 3.38. The van der Waals surface area contributed by atoms with Crippen LogP contribution < -0.4 is 10.5 Å². The zero-order valence-corrected chi connectivity index (χ0v) is 10.6. The van der Waals surface area contributed by atoms with Crippen LogP contribution in [0.4, 0.5) is 5.69 Å². The van der Waals surface area contributed by atoms with Crippen LogP contribution in [0.1, 0.15) is 10.4 Å². The van der Waals surface area contributed by atoms with Gasteiger partial charge in [-0.15, -0.1) is 13.2 Å². The monoisotopic (exact) mass is 246 g/mol. The Morgan fingerprint density at radius 3 is 2.44 bits per heavy atom. The number of nitrogens with zero attached hydrogens (tertiary/aromatic N) is 1. The van der Waals surface area contributed by atoms with Crippen LogP contribution in [0.3, 0.4) is 0 Å². The molecule has 1 aromatic carbocycles. The molecule has 0 aromatic heterocycles. The van der Waals surface area contributed by atoms with Gasteiger partial charge in [0.15, 0.2) is 0 Å². The van der Waals surface area contributed by atoms with Crippen molar-refractivity contribution in [1.82, 2.24) is 4.90 Å². The molecule has 18 heavy (non-hydrogen) atoms. The molecule has 0 heterocycles. The highest BCUT2D eigenvalue weighted by molar-refractivity contribution is 5.95. The summed E-state index contributed by atoms with van der Waals surface area (Å²) < 4.78 is 5.09. The topological polar surface area (TPSA) is 55.6 Å². The van der Waals surface area contributed by atoms with E-state index in [1.165, 1.54) is 7.11 Å². The predicted molar refractivity (Wildman–Crippen MR) is 73.7 cm³/mol. The standard InChI is InChI=1S/C14H18N2O2/c1-4-6-16(7-5-2)14(17)11-8-12(15)10-13(9-11)18-3/h4-5,8-10H,1-2,6-7,15H2,3H3. The van der Waals surface area contributed by atoms with Crippen LogP contribution >= 0.6 is 0 Å². The summed E-state index contributed by atoms with van der Waals surface area (Å²) in [4.78, 5) is 13.9. The second-order valence-electron chi connectivity index (χ2n) is 3.78. The van der Waals surface area contributed by atoms with Crippen LogP contribution in [0.2, 0.25) is 0 Å². The lowest BCUT2D eigenvalue weighted by atomic mass is 10.1. The molecule has 0 radical (unpaired) electrons. The van der Waals surface area contributed by atoms with Gasteiger partial charge in [0.05, 0.1) is 7.11 Å². The van der Waals surface area contributed by atoms with Crippen molar-refractivity contribution in [3.05, 3.63) is 49.1 Å². The van der Waals surface area contributed by atoms with Gasteiger partial charge in [0.2, 0.25) is 0 Å². The average Bonchev–Trinajstić information content (AvgIpc) is 2.36. The zero-order valence-electron chi connectivity index (χ0n) is 10.6. The maximum atomic E-state index is 12.3. The van der Waals surface area contributed by atoms with Gasteiger partial charge >= 0.3 is 0 Å². The number of benzene rings is 1. The third-order valence-corrected chi connectivity index (χ3v) is 2.40. The van der Waals surface area contributed by atoms with Crippen molar-refractivity contribution in [2.45, 2.75) is 0 Å². The van der Waals surface area contributed by atoms with E-state index in [9.17, 15) is 4.79 Å². The van der Waals surface area contributed by atoms with Crippen molar-refractivity contribution >= 4 is 11.6 Å². The van der Waals surface area contributed by atoms with Gasteiger partial charge in [0, 0.05) is 30.4 Å². The second-order valence-corrected chi connectivity index (χ2v) is 3.78. The van der Waals surface area contributed by atoms with Crippen LogP contribution in [0.25, 0.3) is 0 Å². The molecule has 0 fully saturated rings. The lowest BCUT2D eigenvalue weighted by molar-refractivity contribution is 0.0790. The summed E-state index contributed by atoms with van der Waals surface area (Å²) in [6.45, 7) is 8.19. The Morgan fingerprint density at radius 1 is 1.33 bits per heavy atom. The fraction of sp³-hybridized carbons (Fsp3) is 0.214. The Balaban J connectivity index is 3.03. The minimum atomic E-state index is -0.125. The van der Waals surface area contributed by atoms with E-state index < -0.39 is 0 Å². The number of anilines is 1. The van der Waals surface area contributed by atoms with E-state index in [1.807, 2.05) is 0 Å². The van der Waals surface area contributed by atoms with Gasteiger partial charge in [-0.05, 0) is 12.1 Å². The van der Waals surface area contributed by atoms with Crippen molar-refractivity contribution < 1.29 is 9.53 Å². The highest BCUT2D eigenvalue weighted by Crippen LogP contribution is 2.19. The summed E-state index contributed by atoms with van der Waals surface area (Å²) in [5.41, 5.74) is 6.72. The first-order valence-electron chi connectivity index (χ1n) is 5.58. The number of amides is 1. The van der Waals surface area contributed by atoms with Crippen LogP contribution in [0, 0.1) is 0 Å². The molecule has 1 amide bonds. The minimum absolute atomic E-state index is 0.125. The summed E-state index contributed by atoms with van der Waals surface area (Å²) in [7, 11) is 1.54. The van der Waals surface area contributed by atoms with Crippen molar-refractivity contribution in [2.24, 2.45) is 0 Å². The summed E-state index contributed by atoms with van der Waals surface area (Å²) in [5.74, 6) is 0.441. The number of rotatable bonds is 6.